The lowest BCUT2D eigenvalue weighted by Gasteiger charge is -2.24. The summed E-state index contributed by atoms with van der Waals surface area (Å²) in [5.41, 5.74) is 2.71. The van der Waals surface area contributed by atoms with Gasteiger partial charge in [0.25, 0.3) is 5.78 Å². The van der Waals surface area contributed by atoms with Crippen LogP contribution in [0.4, 0.5) is 5.13 Å². The average Bonchev–Trinajstić information content (AvgIpc) is 3.56. The lowest BCUT2D eigenvalue weighted by atomic mass is 9.94. The number of carbonyl (C=O) groups excluding carboxylic acids is 3. The van der Waals surface area contributed by atoms with E-state index in [9.17, 15) is 19.5 Å². The molecule has 0 bridgehead atoms. The first-order valence-corrected chi connectivity index (χ1v) is 14.9. The molecule has 3 aromatic carbocycles. The summed E-state index contributed by atoms with van der Waals surface area (Å²) < 4.78 is 22.0. The van der Waals surface area contributed by atoms with E-state index in [1.807, 2.05) is 37.3 Å². The second-order valence-electron chi connectivity index (χ2n) is 10.2. The molecule has 11 heteroatoms. The molecular weight excluding hydrogens is 596 g/mol. The van der Waals surface area contributed by atoms with Crippen molar-refractivity contribution < 1.29 is 38.4 Å². The van der Waals surface area contributed by atoms with Gasteiger partial charge in [0.2, 0.25) is 0 Å². The molecule has 1 aliphatic rings. The molecule has 2 heterocycles. The quantitative estimate of drug-likeness (QED) is 0.0952. The van der Waals surface area contributed by atoms with E-state index >= 15 is 0 Å². The Morgan fingerprint density at radius 3 is 2.33 bits per heavy atom. The Morgan fingerprint density at radius 1 is 0.956 bits per heavy atom. The van der Waals surface area contributed by atoms with Crippen LogP contribution in [0.25, 0.3) is 5.76 Å². The fourth-order valence-electron chi connectivity index (χ4n) is 5.09. The van der Waals surface area contributed by atoms with Gasteiger partial charge in [0, 0.05) is 5.56 Å². The number of ether oxygens (including phenoxy) is 4. The number of Topliss-reactive ketones (excluding diaryl/α,β-unsaturated/α-hetero) is 1. The third-order valence-corrected chi connectivity index (χ3v) is 8.44. The summed E-state index contributed by atoms with van der Waals surface area (Å²) in [5.74, 6) is -1.35. The smallest absolute Gasteiger partial charge is 0.350 e. The van der Waals surface area contributed by atoms with E-state index in [-0.39, 0.29) is 27.9 Å². The fourth-order valence-corrected chi connectivity index (χ4v) is 6.08. The van der Waals surface area contributed by atoms with E-state index < -0.39 is 23.7 Å². The van der Waals surface area contributed by atoms with Crippen LogP contribution in [-0.2, 0) is 20.9 Å². The summed E-state index contributed by atoms with van der Waals surface area (Å²) >= 11 is 0.935. The highest BCUT2D eigenvalue weighted by atomic mass is 32.1. The number of hydrogen-bond acceptors (Lipinski definition) is 10. The zero-order valence-electron chi connectivity index (χ0n) is 25.5. The number of aliphatic hydroxyl groups is 1. The number of carbonyl (C=O) groups is 3. The number of ketones is 1. The molecule has 1 amide bonds. The molecule has 1 aliphatic heterocycles. The molecule has 5 rings (SSSR count). The van der Waals surface area contributed by atoms with E-state index in [1.54, 1.807) is 50.2 Å². The number of anilines is 1. The number of aliphatic hydroxyl groups excluding tert-OH is 1. The summed E-state index contributed by atoms with van der Waals surface area (Å²) in [6, 6.07) is 18.6. The fraction of sp³-hybridized carbons (Fsp3) is 0.235. The van der Waals surface area contributed by atoms with Gasteiger partial charge in [-0.05, 0) is 67.8 Å². The zero-order valence-corrected chi connectivity index (χ0v) is 26.3. The Morgan fingerprint density at radius 2 is 1.67 bits per heavy atom. The Kier molecular flexibility index (Phi) is 9.19. The molecule has 1 aromatic heterocycles. The molecule has 0 spiro atoms. The maximum Gasteiger partial charge on any atom is 0.350 e. The van der Waals surface area contributed by atoms with Crippen molar-refractivity contribution in [3.63, 3.8) is 0 Å². The summed E-state index contributed by atoms with van der Waals surface area (Å²) in [6.45, 7) is 5.67. The normalized spacial score (nSPS) is 15.7. The predicted octanol–water partition coefficient (Wildman–Crippen LogP) is 6.16. The number of hydrogen-bond donors (Lipinski definition) is 1. The molecule has 1 saturated heterocycles. The van der Waals surface area contributed by atoms with Crippen LogP contribution in [0.15, 0.2) is 72.3 Å². The first-order chi connectivity index (χ1) is 21.7. The van der Waals surface area contributed by atoms with Crippen LogP contribution in [0.1, 0.15) is 50.6 Å². The first-order valence-electron chi connectivity index (χ1n) is 14.1. The van der Waals surface area contributed by atoms with Crippen LogP contribution in [0, 0.1) is 13.8 Å². The molecule has 0 aliphatic carbocycles. The van der Waals surface area contributed by atoms with E-state index in [2.05, 4.69) is 4.98 Å². The van der Waals surface area contributed by atoms with Gasteiger partial charge in [0.05, 0.1) is 38.1 Å². The maximum atomic E-state index is 13.7. The average molecular weight is 629 g/mol. The second-order valence-corrected chi connectivity index (χ2v) is 11.1. The molecule has 0 saturated carbocycles. The third kappa shape index (κ3) is 6.12. The summed E-state index contributed by atoms with van der Waals surface area (Å²) in [4.78, 5) is 45.8. The van der Waals surface area contributed by atoms with Crippen molar-refractivity contribution in [1.29, 1.82) is 0 Å². The zero-order chi connectivity index (χ0) is 32.2. The van der Waals surface area contributed by atoms with Gasteiger partial charge >= 0.3 is 11.9 Å². The largest absolute Gasteiger partial charge is 0.507 e. The third-order valence-electron chi connectivity index (χ3n) is 7.31. The van der Waals surface area contributed by atoms with Crippen molar-refractivity contribution in [1.82, 2.24) is 4.98 Å². The van der Waals surface area contributed by atoms with Crippen molar-refractivity contribution in [2.45, 2.75) is 33.4 Å². The lowest BCUT2D eigenvalue weighted by Crippen LogP contribution is -2.29. The Balaban J connectivity index is 1.61. The second kappa shape index (κ2) is 13.2. The minimum atomic E-state index is -1.10. The number of amides is 1. The van der Waals surface area contributed by atoms with Gasteiger partial charge < -0.3 is 24.1 Å². The van der Waals surface area contributed by atoms with E-state index in [0.29, 0.717) is 40.7 Å². The minimum absolute atomic E-state index is 0.109. The van der Waals surface area contributed by atoms with Crippen LogP contribution >= 0.6 is 11.3 Å². The highest BCUT2D eigenvalue weighted by molar-refractivity contribution is 7.17. The van der Waals surface area contributed by atoms with Crippen LogP contribution in [0.2, 0.25) is 0 Å². The van der Waals surface area contributed by atoms with Crippen molar-refractivity contribution >= 4 is 39.9 Å². The molecule has 232 valence electrons. The molecule has 10 nitrogen and oxygen atoms in total. The summed E-state index contributed by atoms with van der Waals surface area (Å²) in [7, 11) is 2.97. The number of esters is 1. The number of benzene rings is 3. The van der Waals surface area contributed by atoms with E-state index in [4.69, 9.17) is 18.9 Å². The van der Waals surface area contributed by atoms with Gasteiger partial charge in [-0.1, -0.05) is 47.7 Å². The van der Waals surface area contributed by atoms with Gasteiger partial charge in [-0.3, -0.25) is 14.5 Å². The molecule has 1 N–H and O–H groups in total. The maximum absolute atomic E-state index is 13.7. The number of thiazole rings is 1. The van der Waals surface area contributed by atoms with E-state index in [0.717, 1.165) is 22.5 Å². The number of nitrogens with zero attached hydrogens (tertiary/aromatic N) is 2. The van der Waals surface area contributed by atoms with Crippen molar-refractivity contribution in [2.24, 2.45) is 0 Å². The Labute approximate surface area is 264 Å². The monoisotopic (exact) mass is 628 g/mol. The Hall–Kier alpha value is -5.16. The first kappa shape index (κ1) is 31.3. The molecule has 4 aromatic rings. The summed E-state index contributed by atoms with van der Waals surface area (Å²) in [6.07, 6.45) is 0. The van der Waals surface area contributed by atoms with Gasteiger partial charge in [0.1, 0.15) is 23.0 Å². The van der Waals surface area contributed by atoms with Gasteiger partial charge in [-0.2, -0.15) is 0 Å². The summed E-state index contributed by atoms with van der Waals surface area (Å²) in [5, 5.41) is 11.8. The van der Waals surface area contributed by atoms with Crippen molar-refractivity contribution in [3.05, 3.63) is 105 Å². The molecule has 0 radical (unpaired) electrons. The molecular formula is C34H32N2O8S. The molecule has 1 atom stereocenters. The minimum Gasteiger partial charge on any atom is -0.507 e. The topological polar surface area (TPSA) is 124 Å². The highest BCUT2D eigenvalue weighted by Crippen LogP contribution is 2.45. The van der Waals surface area contributed by atoms with Crippen LogP contribution < -0.4 is 19.1 Å². The number of methoxy groups -OCH3 is 2. The molecule has 45 heavy (non-hydrogen) atoms. The van der Waals surface area contributed by atoms with Crippen LogP contribution in [0.5, 0.6) is 17.2 Å². The standard InChI is InChI=1S/C34H32N2O8S/c1-6-43-33(40)31-20(3)35-34(45-31)36-28(22-12-15-25(41-4)26(17-22)42-5)27(30(38)32(36)39)29(37)23-13-14-24(19(2)16-23)44-18-21-10-8-7-9-11-21/h7-17,28,37H,6,18H2,1-5H3/t28-/m1/s1. The highest BCUT2D eigenvalue weighted by Gasteiger charge is 2.48. The van der Waals surface area contributed by atoms with Gasteiger partial charge in [-0.15, -0.1) is 0 Å². The lowest BCUT2D eigenvalue weighted by molar-refractivity contribution is -0.132. The van der Waals surface area contributed by atoms with Gasteiger partial charge in [-0.25, -0.2) is 9.78 Å². The number of aryl methyl sites for hydroxylation is 2. The van der Waals surface area contributed by atoms with Crippen LogP contribution in [-0.4, -0.2) is 48.6 Å². The van der Waals surface area contributed by atoms with E-state index in [1.165, 1.54) is 19.1 Å². The predicted molar refractivity (Wildman–Crippen MR) is 169 cm³/mol. The number of aromatic nitrogens is 1. The SMILES string of the molecule is CCOC(=O)c1sc(N2C(=O)C(=O)C(=C(O)c3ccc(OCc4ccccc4)c(C)c3)[C@H]2c2ccc(OC)c(OC)c2)nc1C. The van der Waals surface area contributed by atoms with Crippen LogP contribution in [0.3, 0.4) is 0 Å². The van der Waals surface area contributed by atoms with Crippen molar-refractivity contribution in [3.8, 4) is 17.2 Å². The molecule has 0 unspecified atom stereocenters. The number of rotatable bonds is 10. The Bertz CT molecular complexity index is 1800. The van der Waals surface area contributed by atoms with Gasteiger partial charge in [0.15, 0.2) is 16.6 Å². The molecule has 1 fully saturated rings. The van der Waals surface area contributed by atoms with Crippen molar-refractivity contribution in [2.75, 3.05) is 25.7 Å².